The van der Waals surface area contributed by atoms with E-state index in [1.165, 1.54) is 58.5 Å². The average molecular weight is 361 g/mol. The minimum absolute atomic E-state index is 0.109. The monoisotopic (exact) mass is 360 g/mol. The summed E-state index contributed by atoms with van der Waals surface area (Å²) in [5.74, 6) is 1.74. The summed E-state index contributed by atoms with van der Waals surface area (Å²) in [6, 6.07) is 0. The summed E-state index contributed by atoms with van der Waals surface area (Å²) in [4.78, 5) is 11.0. The molecule has 2 heteroatoms. The number of allylic oxidation sites excluding steroid dienone is 6. The van der Waals surface area contributed by atoms with Gasteiger partial charge in [0.05, 0.1) is 7.11 Å². The fourth-order valence-corrected chi connectivity index (χ4v) is 3.23. The van der Waals surface area contributed by atoms with Crippen molar-refractivity contribution in [3.8, 4) is 0 Å². The lowest BCUT2D eigenvalue weighted by molar-refractivity contribution is -0.140. The van der Waals surface area contributed by atoms with Gasteiger partial charge in [0.1, 0.15) is 0 Å². The first-order chi connectivity index (χ1) is 12.8. The lowest BCUT2D eigenvalue weighted by Crippen LogP contribution is -1.99. The molecule has 1 fully saturated rings. The second-order valence-electron chi connectivity index (χ2n) is 7.52. The van der Waals surface area contributed by atoms with E-state index in [1.54, 1.807) is 0 Å². The van der Waals surface area contributed by atoms with Gasteiger partial charge in [0.2, 0.25) is 0 Å². The maximum absolute atomic E-state index is 11.0. The van der Waals surface area contributed by atoms with Crippen LogP contribution in [0.1, 0.15) is 90.4 Å². The van der Waals surface area contributed by atoms with Crippen molar-refractivity contribution in [1.29, 1.82) is 0 Å². The minimum atomic E-state index is -0.109. The normalized spacial score (nSPS) is 16.1. The van der Waals surface area contributed by atoms with Gasteiger partial charge in [-0.25, -0.2) is 0 Å². The van der Waals surface area contributed by atoms with E-state index in [-0.39, 0.29) is 5.97 Å². The van der Waals surface area contributed by atoms with Gasteiger partial charge < -0.3 is 4.74 Å². The number of ether oxygens (including phenoxy) is 1. The van der Waals surface area contributed by atoms with Gasteiger partial charge in [-0.05, 0) is 76.0 Å². The average Bonchev–Trinajstić information content (AvgIpc) is 3.49. The summed E-state index contributed by atoms with van der Waals surface area (Å²) < 4.78 is 4.63. The molecular formula is C24H40O2. The molecule has 0 aromatic rings. The minimum Gasteiger partial charge on any atom is -0.469 e. The molecule has 1 unspecified atom stereocenters. The van der Waals surface area contributed by atoms with Crippen LogP contribution in [-0.2, 0) is 9.53 Å². The third-order valence-electron chi connectivity index (χ3n) is 5.12. The Bertz CT molecular complexity index is 429. The van der Waals surface area contributed by atoms with E-state index in [1.807, 2.05) is 0 Å². The van der Waals surface area contributed by atoms with E-state index in [0.29, 0.717) is 6.42 Å². The molecule has 0 amide bonds. The Labute approximate surface area is 161 Å². The third kappa shape index (κ3) is 13.0. The lowest BCUT2D eigenvalue weighted by Gasteiger charge is -2.11. The standard InChI is InChI=1S/C24H40O2/c1-3-4-5-6-11-14-17-22(23-20-21-23)18-15-12-9-7-8-10-13-16-19-24(25)26-2/h8,10-12,14-15,22-23H,3-7,9,13,16-21H2,1-2H3/b10-8-,14-11-,15-12+. The van der Waals surface area contributed by atoms with Gasteiger partial charge in [-0.2, -0.15) is 0 Å². The molecule has 0 radical (unpaired) electrons. The molecule has 0 spiro atoms. The summed E-state index contributed by atoms with van der Waals surface area (Å²) in [5.41, 5.74) is 0. The zero-order valence-corrected chi connectivity index (χ0v) is 17.1. The summed E-state index contributed by atoms with van der Waals surface area (Å²) >= 11 is 0. The fraction of sp³-hybridized carbons (Fsp3) is 0.708. The van der Waals surface area contributed by atoms with Crippen LogP contribution in [0.4, 0.5) is 0 Å². The van der Waals surface area contributed by atoms with Crippen LogP contribution in [-0.4, -0.2) is 13.1 Å². The molecular weight excluding hydrogens is 320 g/mol. The Morgan fingerprint density at radius 3 is 2.08 bits per heavy atom. The zero-order valence-electron chi connectivity index (χ0n) is 17.1. The Balaban J connectivity index is 2.06. The highest BCUT2D eigenvalue weighted by atomic mass is 16.5. The number of unbranched alkanes of at least 4 members (excludes halogenated alkanes) is 5. The van der Waals surface area contributed by atoms with Gasteiger partial charge in [-0.15, -0.1) is 0 Å². The SMILES string of the molecule is CCCCC/C=C\CC(C/C=C/CC/C=C\CCCC(=O)OC)C1CC1. The van der Waals surface area contributed by atoms with Gasteiger partial charge in [0.15, 0.2) is 0 Å². The third-order valence-corrected chi connectivity index (χ3v) is 5.12. The van der Waals surface area contributed by atoms with Crippen LogP contribution in [0.5, 0.6) is 0 Å². The van der Waals surface area contributed by atoms with Crippen molar-refractivity contribution >= 4 is 5.97 Å². The quantitative estimate of drug-likeness (QED) is 0.166. The molecule has 1 atom stereocenters. The maximum Gasteiger partial charge on any atom is 0.305 e. The molecule has 1 aliphatic carbocycles. The summed E-state index contributed by atoms with van der Waals surface area (Å²) in [6.07, 6.45) is 29.3. The first-order valence-corrected chi connectivity index (χ1v) is 10.8. The molecule has 26 heavy (non-hydrogen) atoms. The van der Waals surface area contributed by atoms with Crippen molar-refractivity contribution in [2.45, 2.75) is 90.4 Å². The molecule has 2 nitrogen and oxygen atoms in total. The van der Waals surface area contributed by atoms with E-state index in [2.05, 4.69) is 48.1 Å². The molecule has 148 valence electrons. The van der Waals surface area contributed by atoms with Crippen molar-refractivity contribution in [2.75, 3.05) is 7.11 Å². The van der Waals surface area contributed by atoms with E-state index in [0.717, 1.165) is 37.5 Å². The number of hydrogen-bond acceptors (Lipinski definition) is 2. The zero-order chi connectivity index (χ0) is 18.9. The van der Waals surface area contributed by atoms with Gasteiger partial charge in [0.25, 0.3) is 0 Å². The van der Waals surface area contributed by atoms with Gasteiger partial charge >= 0.3 is 5.97 Å². The molecule has 1 saturated carbocycles. The summed E-state index contributed by atoms with van der Waals surface area (Å²) in [5, 5.41) is 0. The maximum atomic E-state index is 11.0. The van der Waals surface area contributed by atoms with Crippen LogP contribution in [0.3, 0.4) is 0 Å². The highest BCUT2D eigenvalue weighted by Gasteiger charge is 2.29. The van der Waals surface area contributed by atoms with Crippen LogP contribution < -0.4 is 0 Å². The number of rotatable bonds is 16. The van der Waals surface area contributed by atoms with Crippen LogP contribution >= 0.6 is 0 Å². The van der Waals surface area contributed by atoms with E-state index in [9.17, 15) is 4.79 Å². The van der Waals surface area contributed by atoms with E-state index in [4.69, 9.17) is 0 Å². The first-order valence-electron chi connectivity index (χ1n) is 10.8. The molecule has 1 rings (SSSR count). The highest BCUT2D eigenvalue weighted by molar-refractivity contribution is 5.69. The summed E-state index contributed by atoms with van der Waals surface area (Å²) in [7, 11) is 1.45. The highest BCUT2D eigenvalue weighted by Crippen LogP contribution is 2.40. The second-order valence-corrected chi connectivity index (χ2v) is 7.52. The molecule has 0 N–H and O–H groups in total. The Morgan fingerprint density at radius 2 is 1.46 bits per heavy atom. The molecule has 0 aromatic carbocycles. The Kier molecular flexibility index (Phi) is 13.9. The molecule has 0 bridgehead atoms. The number of carbonyl (C=O) groups excluding carboxylic acids is 1. The molecule has 1 aliphatic rings. The van der Waals surface area contributed by atoms with E-state index >= 15 is 0 Å². The van der Waals surface area contributed by atoms with Crippen molar-refractivity contribution in [3.63, 3.8) is 0 Å². The van der Waals surface area contributed by atoms with Gasteiger partial charge in [0, 0.05) is 6.42 Å². The Hall–Kier alpha value is -1.31. The van der Waals surface area contributed by atoms with Crippen molar-refractivity contribution < 1.29 is 9.53 Å². The smallest absolute Gasteiger partial charge is 0.305 e. The van der Waals surface area contributed by atoms with Crippen LogP contribution in [0.2, 0.25) is 0 Å². The molecule has 0 aliphatic heterocycles. The number of hydrogen-bond donors (Lipinski definition) is 0. The van der Waals surface area contributed by atoms with Crippen molar-refractivity contribution in [2.24, 2.45) is 11.8 Å². The number of esters is 1. The largest absolute Gasteiger partial charge is 0.469 e. The second kappa shape index (κ2) is 15.9. The Morgan fingerprint density at radius 1 is 0.885 bits per heavy atom. The van der Waals surface area contributed by atoms with Crippen LogP contribution in [0, 0.1) is 11.8 Å². The fourth-order valence-electron chi connectivity index (χ4n) is 3.23. The van der Waals surface area contributed by atoms with Gasteiger partial charge in [-0.3, -0.25) is 4.79 Å². The number of methoxy groups -OCH3 is 1. The first kappa shape index (κ1) is 22.7. The molecule has 0 heterocycles. The van der Waals surface area contributed by atoms with Crippen molar-refractivity contribution in [1.82, 2.24) is 0 Å². The molecule has 0 saturated heterocycles. The predicted octanol–water partition coefficient (Wildman–Crippen LogP) is 7.17. The van der Waals surface area contributed by atoms with Crippen LogP contribution in [0.25, 0.3) is 0 Å². The van der Waals surface area contributed by atoms with Gasteiger partial charge in [-0.1, -0.05) is 56.2 Å². The topological polar surface area (TPSA) is 26.3 Å². The molecule has 0 aromatic heterocycles. The predicted molar refractivity (Wildman–Crippen MR) is 112 cm³/mol. The van der Waals surface area contributed by atoms with Crippen molar-refractivity contribution in [3.05, 3.63) is 36.5 Å². The summed E-state index contributed by atoms with van der Waals surface area (Å²) in [6.45, 7) is 2.26. The van der Waals surface area contributed by atoms with Crippen LogP contribution in [0.15, 0.2) is 36.5 Å². The number of carbonyl (C=O) groups is 1. The van der Waals surface area contributed by atoms with E-state index < -0.39 is 0 Å². The lowest BCUT2D eigenvalue weighted by atomic mass is 9.95.